The fraction of sp³-hybridized carbons (Fsp3) is 0.889. The molecule has 4 rings (SSSR count). The summed E-state index contributed by atoms with van der Waals surface area (Å²) in [6.07, 6.45) is 10.6. The lowest BCUT2D eigenvalue weighted by molar-refractivity contribution is -0.0512. The third-order valence-corrected chi connectivity index (χ3v) is 7.53. The lowest BCUT2D eigenvalue weighted by atomic mass is 9.53. The van der Waals surface area contributed by atoms with E-state index >= 15 is 0 Å². The van der Waals surface area contributed by atoms with Crippen LogP contribution in [-0.2, 0) is 0 Å². The summed E-state index contributed by atoms with van der Waals surface area (Å²) in [5.41, 5.74) is 3.84. The zero-order valence-corrected chi connectivity index (χ0v) is 12.5. The monoisotopic (exact) mass is 260 g/mol. The number of rotatable bonds is 0. The molecule has 3 saturated carbocycles. The van der Waals surface area contributed by atoms with Crippen molar-refractivity contribution in [3.8, 4) is 0 Å². The van der Waals surface area contributed by atoms with Gasteiger partial charge in [0.25, 0.3) is 0 Å². The molecular weight excluding hydrogens is 232 g/mol. The van der Waals surface area contributed by atoms with E-state index < -0.39 is 0 Å². The molecule has 0 aromatic rings. The molecule has 0 saturated heterocycles. The average molecular weight is 260 g/mol. The van der Waals surface area contributed by atoms with Crippen molar-refractivity contribution in [3.63, 3.8) is 0 Å². The summed E-state index contributed by atoms with van der Waals surface area (Å²) in [5.74, 6) is 3.64. The number of allylic oxidation sites excluding steroid dienone is 2. The third kappa shape index (κ3) is 1.57. The molecule has 1 N–H and O–H groups in total. The molecule has 0 amide bonds. The minimum atomic E-state index is -0.0132. The Kier molecular flexibility index (Phi) is 2.68. The van der Waals surface area contributed by atoms with Crippen LogP contribution in [0, 0.1) is 29.1 Å². The van der Waals surface area contributed by atoms with Crippen LogP contribution < -0.4 is 0 Å². The SMILES string of the molecule is CC1=C2CC[C@@H]3[C@H](CC[C@]4(C)[C@@H](O)CC[C@@H]34)[C@H]2CC1. The molecule has 0 radical (unpaired) electrons. The van der Waals surface area contributed by atoms with Crippen molar-refractivity contribution < 1.29 is 5.11 Å². The Bertz CT molecular complexity index is 423. The van der Waals surface area contributed by atoms with E-state index in [0.717, 1.165) is 30.1 Å². The van der Waals surface area contributed by atoms with Gasteiger partial charge in [0, 0.05) is 0 Å². The van der Waals surface area contributed by atoms with Crippen LogP contribution in [0.25, 0.3) is 0 Å². The van der Waals surface area contributed by atoms with E-state index in [2.05, 4.69) is 13.8 Å². The Morgan fingerprint density at radius 3 is 2.68 bits per heavy atom. The molecule has 0 aromatic heterocycles. The number of hydrogen-bond donors (Lipinski definition) is 1. The molecule has 0 aromatic carbocycles. The van der Waals surface area contributed by atoms with E-state index in [0.29, 0.717) is 0 Å². The Morgan fingerprint density at radius 1 is 1.00 bits per heavy atom. The van der Waals surface area contributed by atoms with Gasteiger partial charge in [-0.1, -0.05) is 18.1 Å². The summed E-state index contributed by atoms with van der Waals surface area (Å²) in [6, 6.07) is 0. The van der Waals surface area contributed by atoms with Gasteiger partial charge in [0.1, 0.15) is 0 Å². The van der Waals surface area contributed by atoms with Crippen molar-refractivity contribution in [2.45, 2.75) is 71.3 Å². The van der Waals surface area contributed by atoms with Gasteiger partial charge in [-0.15, -0.1) is 0 Å². The van der Waals surface area contributed by atoms with Gasteiger partial charge in [-0.05, 0) is 87.4 Å². The third-order valence-electron chi connectivity index (χ3n) is 7.53. The van der Waals surface area contributed by atoms with Crippen molar-refractivity contribution in [1.29, 1.82) is 0 Å². The van der Waals surface area contributed by atoms with Gasteiger partial charge in [0.05, 0.1) is 6.10 Å². The Labute approximate surface area is 117 Å². The normalized spacial score (nSPS) is 52.9. The molecule has 0 bridgehead atoms. The first-order valence-corrected chi connectivity index (χ1v) is 8.48. The Hall–Kier alpha value is -0.300. The van der Waals surface area contributed by atoms with Gasteiger partial charge in [-0.3, -0.25) is 0 Å². The zero-order valence-electron chi connectivity index (χ0n) is 12.5. The molecule has 0 aliphatic heterocycles. The highest BCUT2D eigenvalue weighted by Gasteiger charge is 2.56. The van der Waals surface area contributed by atoms with Crippen LogP contribution >= 0.6 is 0 Å². The summed E-state index contributed by atoms with van der Waals surface area (Å²) >= 11 is 0. The summed E-state index contributed by atoms with van der Waals surface area (Å²) in [5, 5.41) is 10.4. The highest BCUT2D eigenvalue weighted by Crippen LogP contribution is 2.62. The average Bonchev–Trinajstić information content (AvgIpc) is 2.92. The van der Waals surface area contributed by atoms with Gasteiger partial charge in [-0.2, -0.15) is 0 Å². The van der Waals surface area contributed by atoms with Gasteiger partial charge < -0.3 is 5.11 Å². The number of aliphatic hydroxyl groups excluding tert-OH is 1. The van der Waals surface area contributed by atoms with Crippen LogP contribution in [-0.4, -0.2) is 11.2 Å². The second kappa shape index (κ2) is 4.10. The molecule has 3 fully saturated rings. The van der Waals surface area contributed by atoms with Crippen LogP contribution in [0.5, 0.6) is 0 Å². The fourth-order valence-corrected chi connectivity index (χ4v) is 6.42. The highest BCUT2D eigenvalue weighted by molar-refractivity contribution is 5.25. The molecule has 1 nitrogen and oxygen atoms in total. The topological polar surface area (TPSA) is 20.2 Å². The lowest BCUT2D eigenvalue weighted by Gasteiger charge is -2.52. The minimum Gasteiger partial charge on any atom is -0.393 e. The second-order valence-corrected chi connectivity index (χ2v) is 8.06. The van der Waals surface area contributed by atoms with Crippen molar-refractivity contribution in [3.05, 3.63) is 11.1 Å². The second-order valence-electron chi connectivity index (χ2n) is 8.06. The van der Waals surface area contributed by atoms with Crippen molar-refractivity contribution >= 4 is 0 Å². The van der Waals surface area contributed by atoms with E-state index in [1.165, 1.54) is 44.9 Å². The zero-order chi connectivity index (χ0) is 13.2. The molecule has 4 aliphatic carbocycles. The maximum atomic E-state index is 10.4. The predicted octanol–water partition coefficient (Wildman–Crippen LogP) is 4.31. The molecule has 0 heterocycles. The van der Waals surface area contributed by atoms with E-state index in [9.17, 15) is 5.11 Å². The molecule has 1 heteroatoms. The standard InChI is InChI=1S/C18H28O/c1-11-3-4-13-12(11)5-6-15-14(13)9-10-18(2)16(15)7-8-17(18)19/h13-17,19H,3-10H2,1-2H3/t13-,14+,15+,16-,17-,18-/m0/s1. The van der Waals surface area contributed by atoms with Gasteiger partial charge >= 0.3 is 0 Å². The minimum absolute atomic E-state index is 0.0132. The first kappa shape index (κ1) is 12.4. The van der Waals surface area contributed by atoms with Gasteiger partial charge in [0.15, 0.2) is 0 Å². The van der Waals surface area contributed by atoms with Crippen molar-refractivity contribution in [2.24, 2.45) is 29.1 Å². The van der Waals surface area contributed by atoms with Crippen molar-refractivity contribution in [1.82, 2.24) is 0 Å². The van der Waals surface area contributed by atoms with Crippen LogP contribution in [0.2, 0.25) is 0 Å². The van der Waals surface area contributed by atoms with Crippen LogP contribution in [0.4, 0.5) is 0 Å². The Morgan fingerprint density at radius 2 is 1.84 bits per heavy atom. The smallest absolute Gasteiger partial charge is 0.0596 e. The molecule has 6 atom stereocenters. The summed E-state index contributed by atoms with van der Waals surface area (Å²) in [7, 11) is 0. The van der Waals surface area contributed by atoms with Crippen molar-refractivity contribution in [2.75, 3.05) is 0 Å². The van der Waals surface area contributed by atoms with E-state index in [4.69, 9.17) is 0 Å². The van der Waals surface area contributed by atoms with Gasteiger partial charge in [-0.25, -0.2) is 0 Å². The first-order valence-electron chi connectivity index (χ1n) is 8.48. The molecular formula is C18H28O. The molecule has 4 aliphatic rings. The van der Waals surface area contributed by atoms with Crippen LogP contribution in [0.15, 0.2) is 11.1 Å². The maximum Gasteiger partial charge on any atom is 0.0596 e. The van der Waals surface area contributed by atoms with Crippen LogP contribution in [0.1, 0.15) is 65.2 Å². The summed E-state index contributed by atoms with van der Waals surface area (Å²) in [6.45, 7) is 4.76. The number of hydrogen-bond acceptors (Lipinski definition) is 1. The maximum absolute atomic E-state index is 10.4. The lowest BCUT2D eigenvalue weighted by Crippen LogP contribution is -2.46. The van der Waals surface area contributed by atoms with E-state index in [-0.39, 0.29) is 11.5 Å². The Balaban J connectivity index is 1.64. The molecule has 0 spiro atoms. The van der Waals surface area contributed by atoms with Crippen LogP contribution in [0.3, 0.4) is 0 Å². The molecule has 106 valence electrons. The summed E-state index contributed by atoms with van der Waals surface area (Å²) in [4.78, 5) is 0. The van der Waals surface area contributed by atoms with Gasteiger partial charge in [0.2, 0.25) is 0 Å². The first-order chi connectivity index (χ1) is 9.11. The highest BCUT2D eigenvalue weighted by atomic mass is 16.3. The summed E-state index contributed by atoms with van der Waals surface area (Å²) < 4.78 is 0. The fourth-order valence-electron chi connectivity index (χ4n) is 6.42. The quantitative estimate of drug-likeness (QED) is 0.643. The number of fused-ring (bicyclic) bond motifs is 5. The predicted molar refractivity (Wildman–Crippen MR) is 77.7 cm³/mol. The number of aliphatic hydroxyl groups is 1. The molecule has 0 unspecified atom stereocenters. The largest absolute Gasteiger partial charge is 0.393 e. The van der Waals surface area contributed by atoms with E-state index in [1.54, 1.807) is 5.57 Å². The van der Waals surface area contributed by atoms with E-state index in [1.807, 2.05) is 5.57 Å². The molecule has 19 heavy (non-hydrogen) atoms.